The molecule has 176 valence electrons. The summed E-state index contributed by atoms with van der Waals surface area (Å²) in [6.07, 6.45) is 7.54. The summed E-state index contributed by atoms with van der Waals surface area (Å²) in [4.78, 5) is 25.2. The van der Waals surface area contributed by atoms with Crippen LogP contribution in [0.5, 0.6) is 11.6 Å². The van der Waals surface area contributed by atoms with Crippen LogP contribution in [0.4, 0.5) is 0 Å². The van der Waals surface area contributed by atoms with Gasteiger partial charge >= 0.3 is 0 Å². The van der Waals surface area contributed by atoms with Crippen LogP contribution < -0.4 is 4.74 Å². The van der Waals surface area contributed by atoms with Crippen LogP contribution in [0.3, 0.4) is 0 Å². The first kappa shape index (κ1) is 22.5. The topological polar surface area (TPSA) is 64.6 Å². The van der Waals surface area contributed by atoms with Crippen LogP contribution in [0.1, 0.15) is 42.9 Å². The van der Waals surface area contributed by atoms with Crippen molar-refractivity contribution in [3.05, 3.63) is 84.3 Å². The molecule has 0 bridgehead atoms. The van der Waals surface area contributed by atoms with Crippen molar-refractivity contribution in [2.75, 3.05) is 26.3 Å². The van der Waals surface area contributed by atoms with Crippen LogP contribution in [0.2, 0.25) is 0 Å². The number of carbonyl (C=O) groups is 1. The van der Waals surface area contributed by atoms with Gasteiger partial charge in [0.25, 0.3) is 0 Å². The van der Waals surface area contributed by atoms with E-state index >= 15 is 0 Å². The lowest BCUT2D eigenvalue weighted by molar-refractivity contribution is -0.149. The number of hydrogen-bond acceptors (Lipinski definition) is 5. The standard InChI is InChI=1S/C28H31N3O3/c32-27(28(13-18-33-19-14-28)20-22-8-3-1-4-9-22)31-17-7-10-23(21-31)25-26(30-16-15-29-25)34-24-11-5-2-6-12-24/h1-6,8-9,11-12,15-16,23H,7,10,13-14,17-21H2/t23-/m1/s1. The van der Waals surface area contributed by atoms with E-state index < -0.39 is 5.41 Å². The number of amides is 1. The molecule has 3 heterocycles. The quantitative estimate of drug-likeness (QED) is 0.520. The SMILES string of the molecule is O=C(N1CCC[C@@H](c2nccnc2Oc2ccccc2)C1)C1(Cc2ccccc2)CCOCC1. The Kier molecular flexibility index (Phi) is 6.86. The van der Waals surface area contributed by atoms with Gasteiger partial charge in [0, 0.05) is 44.6 Å². The number of nitrogens with zero attached hydrogens (tertiary/aromatic N) is 3. The maximum Gasteiger partial charge on any atom is 0.241 e. The highest BCUT2D eigenvalue weighted by molar-refractivity contribution is 5.83. The monoisotopic (exact) mass is 457 g/mol. The third-order valence-corrected chi connectivity index (χ3v) is 7.03. The smallest absolute Gasteiger partial charge is 0.241 e. The Bertz CT molecular complexity index is 1080. The van der Waals surface area contributed by atoms with Gasteiger partial charge in [-0.15, -0.1) is 0 Å². The van der Waals surface area contributed by atoms with Crippen molar-refractivity contribution in [1.29, 1.82) is 0 Å². The van der Waals surface area contributed by atoms with Gasteiger partial charge in [-0.25, -0.2) is 4.98 Å². The van der Waals surface area contributed by atoms with Crippen molar-refractivity contribution < 1.29 is 14.3 Å². The molecular weight excluding hydrogens is 426 g/mol. The number of aromatic nitrogens is 2. The molecule has 0 spiro atoms. The minimum Gasteiger partial charge on any atom is -0.437 e. The zero-order valence-corrected chi connectivity index (χ0v) is 19.4. The van der Waals surface area contributed by atoms with Crippen molar-refractivity contribution in [1.82, 2.24) is 14.9 Å². The van der Waals surface area contributed by atoms with E-state index in [0.29, 0.717) is 25.6 Å². The second kappa shape index (κ2) is 10.3. The van der Waals surface area contributed by atoms with Crippen molar-refractivity contribution >= 4 is 5.91 Å². The first-order chi connectivity index (χ1) is 16.7. The molecule has 0 aliphatic carbocycles. The predicted octanol–water partition coefficient (Wildman–Crippen LogP) is 5.01. The van der Waals surface area contributed by atoms with Gasteiger partial charge < -0.3 is 14.4 Å². The van der Waals surface area contributed by atoms with Gasteiger partial charge in [0.15, 0.2) is 0 Å². The van der Waals surface area contributed by atoms with Crippen LogP contribution in [0, 0.1) is 5.41 Å². The van der Waals surface area contributed by atoms with E-state index in [-0.39, 0.29) is 11.8 Å². The summed E-state index contributed by atoms with van der Waals surface area (Å²) in [7, 11) is 0. The highest BCUT2D eigenvalue weighted by Gasteiger charge is 2.44. The van der Waals surface area contributed by atoms with Gasteiger partial charge in [-0.3, -0.25) is 9.78 Å². The fourth-order valence-corrected chi connectivity index (χ4v) is 5.23. The van der Waals surface area contributed by atoms with Crippen LogP contribution in [0.15, 0.2) is 73.1 Å². The molecule has 2 saturated heterocycles. The molecule has 1 aromatic heterocycles. The summed E-state index contributed by atoms with van der Waals surface area (Å²) in [5.74, 6) is 1.60. The van der Waals surface area contributed by atoms with E-state index in [1.165, 1.54) is 5.56 Å². The average Bonchev–Trinajstić information content (AvgIpc) is 2.90. The molecule has 0 unspecified atom stereocenters. The molecule has 1 amide bonds. The minimum atomic E-state index is -0.409. The Balaban J connectivity index is 1.36. The molecule has 2 fully saturated rings. The van der Waals surface area contributed by atoms with Gasteiger partial charge in [0.1, 0.15) is 11.4 Å². The van der Waals surface area contributed by atoms with Crippen LogP contribution in [-0.2, 0) is 16.0 Å². The summed E-state index contributed by atoms with van der Waals surface area (Å²) < 4.78 is 11.7. The third kappa shape index (κ3) is 4.97. The summed E-state index contributed by atoms with van der Waals surface area (Å²) in [5.41, 5.74) is 1.62. The van der Waals surface area contributed by atoms with E-state index in [1.807, 2.05) is 48.5 Å². The van der Waals surface area contributed by atoms with Gasteiger partial charge in [0.05, 0.1) is 5.41 Å². The Labute approximate surface area is 201 Å². The summed E-state index contributed by atoms with van der Waals surface area (Å²) in [6, 6.07) is 20.0. The van der Waals surface area contributed by atoms with Gasteiger partial charge in [0.2, 0.25) is 11.8 Å². The fraction of sp³-hybridized carbons (Fsp3) is 0.393. The average molecular weight is 458 g/mol. The van der Waals surface area contributed by atoms with Gasteiger partial charge in [-0.05, 0) is 49.8 Å². The number of likely N-dealkylation sites (tertiary alicyclic amines) is 1. The summed E-state index contributed by atoms with van der Waals surface area (Å²) in [6.45, 7) is 2.69. The molecular formula is C28H31N3O3. The molecule has 2 aliphatic heterocycles. The Morgan fingerprint density at radius 1 is 1.00 bits per heavy atom. The molecule has 0 saturated carbocycles. The molecule has 3 aromatic rings. The zero-order chi connectivity index (χ0) is 23.2. The normalized spacial score (nSPS) is 20.0. The predicted molar refractivity (Wildman–Crippen MR) is 130 cm³/mol. The van der Waals surface area contributed by atoms with Crippen molar-refractivity contribution in [2.45, 2.75) is 38.0 Å². The molecule has 0 radical (unpaired) electrons. The number of rotatable bonds is 6. The molecule has 6 nitrogen and oxygen atoms in total. The van der Waals surface area contributed by atoms with Crippen LogP contribution >= 0.6 is 0 Å². The van der Waals surface area contributed by atoms with Crippen molar-refractivity contribution in [3.63, 3.8) is 0 Å². The molecule has 2 aliphatic rings. The lowest BCUT2D eigenvalue weighted by Crippen LogP contribution is -2.51. The maximum absolute atomic E-state index is 14.0. The fourth-order valence-electron chi connectivity index (χ4n) is 5.23. The van der Waals surface area contributed by atoms with Crippen LogP contribution in [0.25, 0.3) is 0 Å². The Morgan fingerprint density at radius 2 is 1.71 bits per heavy atom. The van der Waals surface area contributed by atoms with E-state index in [9.17, 15) is 4.79 Å². The second-order valence-corrected chi connectivity index (χ2v) is 9.31. The summed E-state index contributed by atoms with van der Waals surface area (Å²) in [5, 5.41) is 0. The number of ether oxygens (including phenoxy) is 2. The highest BCUT2D eigenvalue weighted by atomic mass is 16.5. The number of carbonyl (C=O) groups excluding carboxylic acids is 1. The number of para-hydroxylation sites is 1. The number of piperidine rings is 1. The van der Waals surface area contributed by atoms with E-state index in [4.69, 9.17) is 9.47 Å². The minimum absolute atomic E-state index is 0.0960. The Hall–Kier alpha value is -3.25. The van der Waals surface area contributed by atoms with Gasteiger partial charge in [-0.1, -0.05) is 48.5 Å². The zero-order valence-electron chi connectivity index (χ0n) is 19.4. The molecule has 5 rings (SSSR count). The lowest BCUT2D eigenvalue weighted by Gasteiger charge is -2.42. The molecule has 1 atom stereocenters. The molecule has 2 aromatic carbocycles. The first-order valence-electron chi connectivity index (χ1n) is 12.2. The summed E-state index contributed by atoms with van der Waals surface area (Å²) >= 11 is 0. The molecule has 6 heteroatoms. The number of benzene rings is 2. The molecule has 0 N–H and O–H groups in total. The first-order valence-corrected chi connectivity index (χ1v) is 12.2. The Morgan fingerprint density at radius 3 is 2.47 bits per heavy atom. The third-order valence-electron chi connectivity index (χ3n) is 7.03. The van der Waals surface area contributed by atoms with Crippen LogP contribution in [-0.4, -0.2) is 47.1 Å². The highest BCUT2D eigenvalue weighted by Crippen LogP contribution is 2.39. The number of hydrogen-bond donors (Lipinski definition) is 0. The maximum atomic E-state index is 14.0. The van der Waals surface area contributed by atoms with Crippen molar-refractivity contribution in [3.8, 4) is 11.6 Å². The van der Waals surface area contributed by atoms with E-state index in [0.717, 1.165) is 50.1 Å². The van der Waals surface area contributed by atoms with Crippen molar-refractivity contribution in [2.24, 2.45) is 5.41 Å². The van der Waals surface area contributed by atoms with E-state index in [1.54, 1.807) is 12.4 Å². The lowest BCUT2D eigenvalue weighted by atomic mass is 9.73. The van der Waals surface area contributed by atoms with Gasteiger partial charge in [-0.2, -0.15) is 0 Å². The molecule has 34 heavy (non-hydrogen) atoms. The second-order valence-electron chi connectivity index (χ2n) is 9.31. The van der Waals surface area contributed by atoms with E-state index in [2.05, 4.69) is 27.0 Å². The largest absolute Gasteiger partial charge is 0.437 e.